The second kappa shape index (κ2) is 13.2. The van der Waals surface area contributed by atoms with Gasteiger partial charge >= 0.3 is 12.1 Å². The lowest BCUT2D eigenvalue weighted by Gasteiger charge is -2.22. The molecule has 0 aromatic heterocycles. The predicted molar refractivity (Wildman–Crippen MR) is 108 cm³/mol. The van der Waals surface area contributed by atoms with Crippen LogP contribution in [0.3, 0.4) is 0 Å². The summed E-state index contributed by atoms with van der Waals surface area (Å²) in [5.41, 5.74) is -0.564. The molecule has 0 fully saturated rings. The Morgan fingerprint density at radius 2 is 1.68 bits per heavy atom. The Hall–Kier alpha value is -1.97. The van der Waals surface area contributed by atoms with E-state index in [2.05, 4.69) is 16.0 Å². The van der Waals surface area contributed by atoms with Crippen molar-refractivity contribution in [2.75, 3.05) is 25.7 Å². The van der Waals surface area contributed by atoms with Gasteiger partial charge in [-0.15, -0.1) is 0 Å². The molecule has 0 spiro atoms. The molecule has 2 atom stereocenters. The van der Waals surface area contributed by atoms with Gasteiger partial charge in [-0.2, -0.15) is 11.8 Å². The number of amides is 3. The van der Waals surface area contributed by atoms with Crippen molar-refractivity contribution in [3.8, 4) is 0 Å². The third kappa shape index (κ3) is 12.4. The Balaban J connectivity index is 4.53. The number of hydrogen-bond donors (Lipinski definition) is 3. The predicted octanol–water partition coefficient (Wildman–Crippen LogP) is 1.21. The maximum atomic E-state index is 12.5. The highest BCUT2D eigenvalue weighted by molar-refractivity contribution is 7.98. The second-order valence-electron chi connectivity index (χ2n) is 7.22. The first-order valence-corrected chi connectivity index (χ1v) is 10.5. The third-order valence-corrected chi connectivity index (χ3v) is 4.08. The monoisotopic (exact) mass is 419 g/mol. The Kier molecular flexibility index (Phi) is 12.3. The largest absolute Gasteiger partial charge is 0.467 e. The van der Waals surface area contributed by atoms with E-state index in [1.807, 2.05) is 6.26 Å². The van der Waals surface area contributed by atoms with E-state index < -0.39 is 35.7 Å². The molecule has 10 heteroatoms. The second-order valence-corrected chi connectivity index (χ2v) is 8.13. The molecule has 0 rings (SSSR count). The molecule has 0 saturated carbocycles. The van der Waals surface area contributed by atoms with Gasteiger partial charge in [0.15, 0.2) is 0 Å². The van der Waals surface area contributed by atoms with Crippen molar-refractivity contribution in [3.05, 3.63) is 0 Å². The maximum Gasteiger partial charge on any atom is 0.407 e. The van der Waals surface area contributed by atoms with E-state index in [4.69, 9.17) is 9.47 Å². The first kappa shape index (κ1) is 26.0. The van der Waals surface area contributed by atoms with Gasteiger partial charge in [0.2, 0.25) is 11.8 Å². The molecule has 0 aromatic carbocycles. The quantitative estimate of drug-likeness (QED) is 0.340. The Bertz CT molecular complexity index is 536. The van der Waals surface area contributed by atoms with Crippen molar-refractivity contribution in [3.63, 3.8) is 0 Å². The lowest BCUT2D eigenvalue weighted by molar-refractivity contribution is -0.144. The number of nitrogens with one attached hydrogen (secondary N) is 3. The van der Waals surface area contributed by atoms with Gasteiger partial charge in [-0.25, -0.2) is 9.59 Å². The molecule has 0 heterocycles. The van der Waals surface area contributed by atoms with Crippen LogP contribution in [0, 0.1) is 0 Å². The summed E-state index contributed by atoms with van der Waals surface area (Å²) in [5.74, 6) is -0.956. The lowest BCUT2D eigenvalue weighted by atomic mass is 10.1. The minimum Gasteiger partial charge on any atom is -0.467 e. The van der Waals surface area contributed by atoms with Crippen LogP contribution in [0.4, 0.5) is 4.79 Å². The van der Waals surface area contributed by atoms with E-state index in [0.717, 1.165) is 0 Å². The minimum absolute atomic E-state index is 0.341. The third-order valence-electron chi connectivity index (χ3n) is 3.42. The van der Waals surface area contributed by atoms with Crippen LogP contribution in [-0.4, -0.2) is 67.2 Å². The summed E-state index contributed by atoms with van der Waals surface area (Å²) in [6.45, 7) is 7.05. The van der Waals surface area contributed by atoms with Crippen LogP contribution in [0.1, 0.15) is 47.0 Å². The number of methoxy groups -OCH3 is 1. The zero-order chi connectivity index (χ0) is 21.7. The molecule has 3 amide bonds. The van der Waals surface area contributed by atoms with Gasteiger partial charge in [0.25, 0.3) is 0 Å². The summed E-state index contributed by atoms with van der Waals surface area (Å²) in [6, 6.07) is -1.55. The van der Waals surface area contributed by atoms with Crippen LogP contribution in [0.25, 0.3) is 0 Å². The van der Waals surface area contributed by atoms with Crippen LogP contribution in [0.5, 0.6) is 0 Å². The van der Waals surface area contributed by atoms with Gasteiger partial charge in [-0.1, -0.05) is 0 Å². The van der Waals surface area contributed by atoms with E-state index >= 15 is 0 Å². The molecule has 0 radical (unpaired) electrons. The van der Waals surface area contributed by atoms with E-state index in [1.54, 1.807) is 20.8 Å². The van der Waals surface area contributed by atoms with Crippen LogP contribution in [0.2, 0.25) is 0 Å². The average Bonchev–Trinajstić information content (AvgIpc) is 2.57. The standard InChI is InChI=1S/C18H33N3O6S/c1-12(22)20-13(15(23)21-14(11-28-6)16(24)26-5)9-7-8-10-19-17(25)27-18(2,3)4/h13-14H,7-11H2,1-6H3,(H,19,25)(H,20,22)(H,21,23)/t13-,14-/m0/s1. The fourth-order valence-corrected chi connectivity index (χ4v) is 2.79. The van der Waals surface area contributed by atoms with Crippen molar-refractivity contribution in [1.82, 2.24) is 16.0 Å². The van der Waals surface area contributed by atoms with Crippen molar-refractivity contribution in [1.29, 1.82) is 0 Å². The molecule has 9 nitrogen and oxygen atoms in total. The molecule has 0 saturated heterocycles. The normalized spacial score (nSPS) is 13.1. The van der Waals surface area contributed by atoms with Gasteiger partial charge in [0.1, 0.15) is 17.7 Å². The fourth-order valence-electron chi connectivity index (χ4n) is 2.24. The number of rotatable bonds is 11. The Morgan fingerprint density at radius 1 is 1.04 bits per heavy atom. The lowest BCUT2D eigenvalue weighted by Crippen LogP contribution is -2.52. The topological polar surface area (TPSA) is 123 Å². The van der Waals surface area contributed by atoms with Crippen LogP contribution in [-0.2, 0) is 23.9 Å². The highest BCUT2D eigenvalue weighted by Gasteiger charge is 2.26. The van der Waals surface area contributed by atoms with Gasteiger partial charge < -0.3 is 25.4 Å². The smallest absolute Gasteiger partial charge is 0.407 e. The molecule has 3 N–H and O–H groups in total. The number of alkyl carbamates (subject to hydrolysis) is 1. The Labute approximate surface area is 171 Å². The van der Waals surface area contributed by atoms with E-state index in [9.17, 15) is 19.2 Å². The first-order valence-electron chi connectivity index (χ1n) is 9.11. The van der Waals surface area contributed by atoms with Gasteiger partial charge in [-0.3, -0.25) is 9.59 Å². The van der Waals surface area contributed by atoms with E-state index in [1.165, 1.54) is 25.8 Å². The summed E-state index contributed by atoms with van der Waals surface area (Å²) in [7, 11) is 1.25. The van der Waals surface area contributed by atoms with Crippen LogP contribution >= 0.6 is 11.8 Å². The van der Waals surface area contributed by atoms with Crippen molar-refractivity contribution >= 4 is 35.6 Å². The number of ether oxygens (including phenoxy) is 2. The molecule has 0 aliphatic rings. The summed E-state index contributed by atoms with van der Waals surface area (Å²) in [4.78, 5) is 47.2. The number of hydrogen-bond acceptors (Lipinski definition) is 7. The minimum atomic E-state index is -0.780. The van der Waals surface area contributed by atoms with E-state index in [-0.39, 0.29) is 5.91 Å². The average molecular weight is 420 g/mol. The van der Waals surface area contributed by atoms with Crippen molar-refractivity contribution < 1.29 is 28.7 Å². The molecule has 0 bridgehead atoms. The Morgan fingerprint density at radius 3 is 2.18 bits per heavy atom. The van der Waals surface area contributed by atoms with Crippen molar-refractivity contribution in [2.24, 2.45) is 0 Å². The summed E-state index contributed by atoms with van der Waals surface area (Å²) >= 11 is 1.40. The first-order chi connectivity index (χ1) is 13.0. The van der Waals surface area contributed by atoms with E-state index in [0.29, 0.717) is 31.6 Å². The van der Waals surface area contributed by atoms with Crippen LogP contribution < -0.4 is 16.0 Å². The van der Waals surface area contributed by atoms with Gasteiger partial charge in [0, 0.05) is 19.2 Å². The SMILES string of the molecule is COC(=O)[C@H](CSC)NC(=O)[C@H](CCCCNC(=O)OC(C)(C)C)NC(C)=O. The van der Waals surface area contributed by atoms with Crippen molar-refractivity contribution in [2.45, 2.75) is 64.6 Å². The molecule has 0 aromatic rings. The van der Waals surface area contributed by atoms with Gasteiger partial charge in [-0.05, 0) is 46.3 Å². The maximum absolute atomic E-state index is 12.5. The molecule has 0 aliphatic heterocycles. The molecular weight excluding hydrogens is 386 g/mol. The molecule has 28 heavy (non-hydrogen) atoms. The molecule has 162 valence electrons. The number of unbranched alkanes of at least 4 members (excludes halogenated alkanes) is 1. The molecule has 0 aliphatic carbocycles. The number of esters is 1. The zero-order valence-electron chi connectivity index (χ0n) is 17.5. The van der Waals surface area contributed by atoms with Gasteiger partial charge in [0.05, 0.1) is 7.11 Å². The number of carbonyl (C=O) groups excluding carboxylic acids is 4. The molecule has 0 unspecified atom stereocenters. The zero-order valence-corrected chi connectivity index (χ0v) is 18.4. The number of carbonyl (C=O) groups is 4. The highest BCUT2D eigenvalue weighted by Crippen LogP contribution is 2.07. The van der Waals surface area contributed by atoms with Crippen LogP contribution in [0.15, 0.2) is 0 Å². The highest BCUT2D eigenvalue weighted by atomic mass is 32.2. The number of thioether (sulfide) groups is 1. The summed E-state index contributed by atoms with van der Waals surface area (Å²) < 4.78 is 9.83. The summed E-state index contributed by atoms with van der Waals surface area (Å²) in [5, 5.41) is 7.85. The fraction of sp³-hybridized carbons (Fsp3) is 0.778. The summed E-state index contributed by atoms with van der Waals surface area (Å²) in [6.07, 6.45) is 2.87. The molecular formula is C18H33N3O6S.